The van der Waals surface area contributed by atoms with Crippen molar-refractivity contribution in [2.45, 2.75) is 37.7 Å². The summed E-state index contributed by atoms with van der Waals surface area (Å²) in [5.74, 6) is 0.916. The van der Waals surface area contributed by atoms with E-state index in [1.54, 1.807) is 30.8 Å². The zero-order valence-electron chi connectivity index (χ0n) is 16.6. The van der Waals surface area contributed by atoms with Crippen LogP contribution in [0.1, 0.15) is 42.5 Å². The zero-order valence-corrected chi connectivity index (χ0v) is 16.6. The number of aliphatic hydroxyl groups excluding tert-OH is 2. The summed E-state index contributed by atoms with van der Waals surface area (Å²) in [4.78, 5) is 21.6. The highest BCUT2D eigenvalue weighted by molar-refractivity contribution is 6.01. The lowest BCUT2D eigenvalue weighted by molar-refractivity contribution is 0.0188. The largest absolute Gasteiger partial charge is 0.486 e. The molecule has 7 nitrogen and oxygen atoms in total. The van der Waals surface area contributed by atoms with Crippen molar-refractivity contribution < 1.29 is 24.2 Å². The van der Waals surface area contributed by atoms with Crippen LogP contribution >= 0.6 is 0 Å². The third-order valence-corrected chi connectivity index (χ3v) is 5.38. The minimum absolute atomic E-state index is 0.0204. The number of hydrogen-bond acceptors (Lipinski definition) is 7. The van der Waals surface area contributed by atoms with Crippen LogP contribution in [0.3, 0.4) is 0 Å². The van der Waals surface area contributed by atoms with Crippen molar-refractivity contribution in [1.29, 1.82) is 0 Å². The van der Waals surface area contributed by atoms with E-state index < -0.39 is 5.60 Å². The van der Waals surface area contributed by atoms with Gasteiger partial charge in [-0.3, -0.25) is 9.78 Å². The van der Waals surface area contributed by atoms with E-state index in [-0.39, 0.29) is 25.4 Å². The van der Waals surface area contributed by atoms with Crippen LogP contribution < -0.4 is 4.74 Å². The van der Waals surface area contributed by atoms with Gasteiger partial charge in [-0.25, -0.2) is 4.98 Å². The second-order valence-corrected chi connectivity index (χ2v) is 7.53. The first-order chi connectivity index (χ1) is 14.6. The second kappa shape index (κ2) is 8.77. The molecule has 0 aliphatic carbocycles. The van der Waals surface area contributed by atoms with Crippen LogP contribution in [0.15, 0.2) is 53.4 Å². The third-order valence-electron chi connectivity index (χ3n) is 5.38. The summed E-state index contributed by atoms with van der Waals surface area (Å²) in [6.45, 7) is 0.0707. The quantitative estimate of drug-likeness (QED) is 0.586. The van der Waals surface area contributed by atoms with E-state index >= 15 is 0 Å². The number of benzene rings is 1. The molecule has 1 aromatic carbocycles. The fourth-order valence-electron chi connectivity index (χ4n) is 3.89. The highest BCUT2D eigenvalue weighted by atomic mass is 16.5. The van der Waals surface area contributed by atoms with Gasteiger partial charge in [0.15, 0.2) is 5.78 Å². The molecule has 0 fully saturated rings. The number of ether oxygens (including phenoxy) is 1. The van der Waals surface area contributed by atoms with E-state index in [2.05, 4.69) is 9.97 Å². The smallest absolute Gasteiger partial charge is 0.226 e. The topological polar surface area (TPSA) is 106 Å². The van der Waals surface area contributed by atoms with Crippen LogP contribution in [-0.2, 0) is 0 Å². The number of fused-ring (bicyclic) bond motifs is 1. The number of aromatic nitrogens is 2. The summed E-state index contributed by atoms with van der Waals surface area (Å²) in [6, 6.07) is 9.07. The van der Waals surface area contributed by atoms with E-state index in [4.69, 9.17) is 9.15 Å². The minimum Gasteiger partial charge on any atom is -0.486 e. The van der Waals surface area contributed by atoms with Crippen molar-refractivity contribution in [2.75, 3.05) is 13.2 Å². The molecule has 7 heteroatoms. The van der Waals surface area contributed by atoms with Crippen LogP contribution in [0.4, 0.5) is 0 Å². The summed E-state index contributed by atoms with van der Waals surface area (Å²) in [6.07, 6.45) is 7.40. The predicted octanol–water partition coefficient (Wildman–Crippen LogP) is 3.65. The molecule has 30 heavy (non-hydrogen) atoms. The number of oxazole rings is 1. The Morgan fingerprint density at radius 1 is 1.07 bits per heavy atom. The fraction of sp³-hybridized carbons (Fsp3) is 0.348. The van der Waals surface area contributed by atoms with Gasteiger partial charge in [0, 0.05) is 36.7 Å². The Balaban J connectivity index is 1.61. The van der Waals surface area contributed by atoms with Crippen molar-refractivity contribution in [3.05, 3.63) is 54.6 Å². The molecule has 0 radical (unpaired) electrons. The van der Waals surface area contributed by atoms with Crippen molar-refractivity contribution in [3.63, 3.8) is 0 Å². The first-order valence-electron chi connectivity index (χ1n) is 10.1. The molecule has 4 rings (SSSR count). The number of hydrogen-bond donors (Lipinski definition) is 2. The van der Waals surface area contributed by atoms with Crippen LogP contribution in [-0.4, -0.2) is 44.8 Å². The van der Waals surface area contributed by atoms with Gasteiger partial charge in [0.05, 0.1) is 12.0 Å². The van der Waals surface area contributed by atoms with Gasteiger partial charge in [-0.2, -0.15) is 0 Å². The molecule has 2 N–H and O–H groups in total. The molecule has 1 aliphatic rings. The minimum atomic E-state index is -0.687. The molecular weight excluding hydrogens is 384 g/mol. The van der Waals surface area contributed by atoms with E-state index in [1.165, 1.54) is 0 Å². The van der Waals surface area contributed by atoms with Crippen molar-refractivity contribution in [2.24, 2.45) is 0 Å². The standard InChI is InChI=1S/C23H24N2O5/c26-10-2-7-23(8-3-11-27)13-20(28)18-12-16(5-6-21(18)30-23)22-25-19(15-29-22)17-4-1-9-24-14-17/h1,4-6,9,12,14-15,26-27H,2-3,7-8,10-11,13H2. The SMILES string of the molecule is O=C1CC(CCCO)(CCCO)Oc2ccc(-c3nc(-c4cccnc4)co3)cc21. The van der Waals surface area contributed by atoms with E-state index in [0.717, 1.165) is 5.56 Å². The number of ketones is 1. The van der Waals surface area contributed by atoms with Crippen molar-refractivity contribution in [1.82, 2.24) is 9.97 Å². The average Bonchev–Trinajstić information content (AvgIpc) is 3.27. The Kier molecular flexibility index (Phi) is 5.92. The maximum Gasteiger partial charge on any atom is 0.226 e. The molecule has 0 amide bonds. The number of carbonyl (C=O) groups is 1. The van der Waals surface area contributed by atoms with E-state index in [0.29, 0.717) is 54.1 Å². The normalized spacial score (nSPS) is 14.9. The Morgan fingerprint density at radius 3 is 2.57 bits per heavy atom. The Hall–Kier alpha value is -3.03. The summed E-state index contributed by atoms with van der Waals surface area (Å²) in [7, 11) is 0. The monoisotopic (exact) mass is 408 g/mol. The van der Waals surface area contributed by atoms with Crippen molar-refractivity contribution in [3.8, 4) is 28.5 Å². The molecule has 3 heterocycles. The number of nitrogens with zero attached hydrogens (tertiary/aromatic N) is 2. The number of carbonyl (C=O) groups excluding carboxylic acids is 1. The Labute approximate surface area is 174 Å². The molecule has 0 spiro atoms. The van der Waals surface area contributed by atoms with E-state index in [9.17, 15) is 15.0 Å². The highest BCUT2D eigenvalue weighted by Gasteiger charge is 2.39. The summed E-state index contributed by atoms with van der Waals surface area (Å²) in [5.41, 5.74) is 2.03. The lowest BCUT2D eigenvalue weighted by atomic mass is 9.82. The van der Waals surface area contributed by atoms with Crippen LogP contribution in [0.2, 0.25) is 0 Å². The molecule has 156 valence electrons. The van der Waals surface area contributed by atoms with Crippen molar-refractivity contribution >= 4 is 5.78 Å². The summed E-state index contributed by atoms with van der Waals surface area (Å²) in [5, 5.41) is 18.5. The van der Waals surface area contributed by atoms with Gasteiger partial charge < -0.3 is 19.4 Å². The predicted molar refractivity (Wildman–Crippen MR) is 110 cm³/mol. The zero-order chi connectivity index (χ0) is 21.0. The average molecular weight is 408 g/mol. The maximum atomic E-state index is 13.0. The molecule has 0 unspecified atom stereocenters. The Bertz CT molecular complexity index is 1010. The number of rotatable bonds is 8. The lowest BCUT2D eigenvalue weighted by Gasteiger charge is -2.38. The van der Waals surface area contributed by atoms with Crippen LogP contribution in [0, 0.1) is 0 Å². The van der Waals surface area contributed by atoms with E-state index in [1.807, 2.05) is 18.2 Å². The molecule has 0 saturated heterocycles. The first-order valence-corrected chi connectivity index (χ1v) is 10.1. The highest BCUT2D eigenvalue weighted by Crippen LogP contribution is 2.40. The van der Waals surface area contributed by atoms with Gasteiger partial charge in [0.1, 0.15) is 23.3 Å². The first kappa shape index (κ1) is 20.3. The van der Waals surface area contributed by atoms with Gasteiger partial charge in [0.2, 0.25) is 5.89 Å². The maximum absolute atomic E-state index is 13.0. The summed E-state index contributed by atoms with van der Waals surface area (Å²) < 4.78 is 11.9. The lowest BCUT2D eigenvalue weighted by Crippen LogP contribution is -2.42. The molecule has 0 atom stereocenters. The number of Topliss-reactive ketones (excluding diaryl/α,β-unsaturated/α-hetero) is 1. The van der Waals surface area contributed by atoms with Gasteiger partial charge in [-0.1, -0.05) is 0 Å². The second-order valence-electron chi connectivity index (χ2n) is 7.53. The third kappa shape index (κ3) is 4.13. The summed E-state index contributed by atoms with van der Waals surface area (Å²) >= 11 is 0. The fourth-order valence-corrected chi connectivity index (χ4v) is 3.89. The Morgan fingerprint density at radius 2 is 1.87 bits per heavy atom. The number of pyridine rings is 1. The molecule has 0 saturated carbocycles. The molecule has 0 bridgehead atoms. The molecule has 2 aromatic heterocycles. The molecular formula is C23H24N2O5. The van der Waals surface area contributed by atoms with Crippen LogP contribution in [0.5, 0.6) is 5.75 Å². The van der Waals surface area contributed by atoms with Crippen LogP contribution in [0.25, 0.3) is 22.7 Å². The van der Waals surface area contributed by atoms with Gasteiger partial charge in [0.25, 0.3) is 0 Å². The molecule has 1 aliphatic heterocycles. The van der Waals surface area contributed by atoms with Gasteiger partial charge >= 0.3 is 0 Å². The van der Waals surface area contributed by atoms with Gasteiger partial charge in [-0.15, -0.1) is 0 Å². The number of aliphatic hydroxyl groups is 2. The molecule has 3 aromatic rings. The van der Waals surface area contributed by atoms with Gasteiger partial charge in [-0.05, 0) is 56.0 Å².